The Morgan fingerprint density at radius 2 is 2.14 bits per heavy atom. The number of thioether (sulfide) groups is 1. The average Bonchev–Trinajstić information content (AvgIpc) is 3.10. The Kier molecular flexibility index (Phi) is 4.74. The number of nitrogens with zero attached hydrogens (tertiary/aromatic N) is 3. The van der Waals surface area contributed by atoms with Crippen LogP contribution in [0.25, 0.3) is 0 Å². The Labute approximate surface area is 136 Å². The number of aryl methyl sites for hydroxylation is 2. The van der Waals surface area contributed by atoms with E-state index in [1.807, 2.05) is 30.5 Å². The molecule has 1 aromatic carbocycles. The molecular formula is C15H16N4OS2. The summed E-state index contributed by atoms with van der Waals surface area (Å²) >= 11 is 3.17. The highest BCUT2D eigenvalue weighted by Crippen LogP contribution is 2.21. The van der Waals surface area contributed by atoms with Crippen LogP contribution in [0.2, 0.25) is 0 Å². The van der Waals surface area contributed by atoms with Crippen molar-refractivity contribution in [1.82, 2.24) is 19.7 Å². The number of aromatic amines is 1. The number of benzene rings is 1. The quantitative estimate of drug-likeness (QED) is 0.705. The van der Waals surface area contributed by atoms with Gasteiger partial charge in [-0.15, -0.1) is 16.4 Å². The van der Waals surface area contributed by atoms with E-state index in [1.54, 1.807) is 15.9 Å². The van der Waals surface area contributed by atoms with Gasteiger partial charge in [-0.2, -0.15) is 0 Å². The smallest absolute Gasteiger partial charge is 0.270 e. The van der Waals surface area contributed by atoms with Gasteiger partial charge in [0.05, 0.1) is 10.7 Å². The van der Waals surface area contributed by atoms with Crippen LogP contribution in [-0.2, 0) is 18.7 Å². The van der Waals surface area contributed by atoms with E-state index in [0.717, 1.165) is 22.9 Å². The van der Waals surface area contributed by atoms with Crippen LogP contribution in [0, 0.1) is 6.92 Å². The molecule has 0 aliphatic heterocycles. The molecule has 0 radical (unpaired) electrons. The summed E-state index contributed by atoms with van der Waals surface area (Å²) in [5, 5.41) is 10.5. The van der Waals surface area contributed by atoms with Gasteiger partial charge in [0.25, 0.3) is 0 Å². The van der Waals surface area contributed by atoms with Gasteiger partial charge in [-0.3, -0.25) is 4.57 Å². The summed E-state index contributed by atoms with van der Waals surface area (Å²) in [6.07, 6.45) is 0.809. The molecule has 2 heterocycles. The minimum atomic E-state index is -0.159. The lowest BCUT2D eigenvalue weighted by Crippen LogP contribution is -2.18. The minimum Gasteiger partial charge on any atom is -0.270 e. The van der Waals surface area contributed by atoms with Crippen molar-refractivity contribution in [3.63, 3.8) is 0 Å². The number of thiazole rings is 1. The van der Waals surface area contributed by atoms with E-state index in [9.17, 15) is 4.79 Å². The van der Waals surface area contributed by atoms with Gasteiger partial charge >= 0.3 is 5.69 Å². The second-order valence-electron chi connectivity index (χ2n) is 4.85. The summed E-state index contributed by atoms with van der Waals surface area (Å²) < 4.78 is 1.69. The number of rotatable bonds is 6. The van der Waals surface area contributed by atoms with Crippen LogP contribution in [0.1, 0.15) is 16.3 Å². The molecule has 5 nitrogen and oxygen atoms in total. The maximum atomic E-state index is 11.9. The molecule has 0 unspecified atom stereocenters. The third kappa shape index (κ3) is 3.66. The molecule has 0 bridgehead atoms. The van der Waals surface area contributed by atoms with E-state index >= 15 is 0 Å². The minimum absolute atomic E-state index is 0.159. The number of H-pyrrole nitrogens is 1. The lowest BCUT2D eigenvalue weighted by molar-refractivity contribution is 0.616. The molecule has 0 fully saturated rings. The lowest BCUT2D eigenvalue weighted by Gasteiger charge is -2.05. The molecule has 3 aromatic rings. The van der Waals surface area contributed by atoms with Crippen LogP contribution >= 0.6 is 23.1 Å². The summed E-state index contributed by atoms with van der Waals surface area (Å²) in [6.45, 7) is 2.61. The molecule has 1 N–H and O–H groups in total. The monoisotopic (exact) mass is 332 g/mol. The Balaban J connectivity index is 1.66. The Morgan fingerprint density at radius 1 is 1.32 bits per heavy atom. The van der Waals surface area contributed by atoms with E-state index in [2.05, 4.69) is 27.3 Å². The highest BCUT2D eigenvalue weighted by Gasteiger charge is 2.10. The van der Waals surface area contributed by atoms with Crippen LogP contribution in [0.5, 0.6) is 0 Å². The van der Waals surface area contributed by atoms with Crippen molar-refractivity contribution in [2.75, 3.05) is 0 Å². The Hall–Kier alpha value is -1.86. The normalized spacial score (nSPS) is 11.0. The summed E-state index contributed by atoms with van der Waals surface area (Å²) in [5.74, 6) is 0.722. The maximum Gasteiger partial charge on any atom is 0.343 e. The predicted molar refractivity (Wildman–Crippen MR) is 89.4 cm³/mol. The molecule has 0 aliphatic carbocycles. The van der Waals surface area contributed by atoms with Gasteiger partial charge < -0.3 is 0 Å². The van der Waals surface area contributed by atoms with E-state index in [4.69, 9.17) is 0 Å². The van der Waals surface area contributed by atoms with Gasteiger partial charge in [0.1, 0.15) is 0 Å². The molecule has 114 valence electrons. The zero-order chi connectivity index (χ0) is 15.4. The highest BCUT2D eigenvalue weighted by molar-refractivity contribution is 7.98. The van der Waals surface area contributed by atoms with Crippen LogP contribution < -0.4 is 5.69 Å². The average molecular weight is 332 g/mol. The predicted octanol–water partition coefficient (Wildman–Crippen LogP) is 2.87. The van der Waals surface area contributed by atoms with Crippen molar-refractivity contribution in [2.24, 2.45) is 0 Å². The van der Waals surface area contributed by atoms with Crippen LogP contribution in [0.15, 0.2) is 45.7 Å². The summed E-state index contributed by atoms with van der Waals surface area (Å²) in [7, 11) is 0. The molecule has 2 aromatic heterocycles. The standard InChI is InChI=1S/C15H16N4OS2/c1-11-16-13(9-21-11)10-22-15-18-17-14(20)19(15)8-7-12-5-3-2-4-6-12/h2-6,9H,7-8,10H2,1H3,(H,17,20). The molecule has 0 saturated heterocycles. The SMILES string of the molecule is Cc1nc(CSc2n[nH]c(=O)n2CCc2ccccc2)cs1. The number of hydrogen-bond acceptors (Lipinski definition) is 5. The van der Waals surface area contributed by atoms with Gasteiger partial charge in [0.15, 0.2) is 5.16 Å². The molecular weight excluding hydrogens is 316 g/mol. The van der Waals surface area contributed by atoms with Crippen LogP contribution in [0.4, 0.5) is 0 Å². The van der Waals surface area contributed by atoms with Crippen molar-refractivity contribution < 1.29 is 0 Å². The van der Waals surface area contributed by atoms with Gasteiger partial charge in [0, 0.05) is 17.7 Å². The van der Waals surface area contributed by atoms with Gasteiger partial charge in [-0.05, 0) is 18.9 Å². The van der Waals surface area contributed by atoms with E-state index in [-0.39, 0.29) is 5.69 Å². The molecule has 3 rings (SSSR count). The molecule has 0 saturated carbocycles. The number of nitrogens with one attached hydrogen (secondary N) is 1. The number of hydrogen-bond donors (Lipinski definition) is 1. The zero-order valence-electron chi connectivity index (χ0n) is 12.2. The third-order valence-corrected chi connectivity index (χ3v) is 5.04. The Bertz CT molecular complexity index is 791. The van der Waals surface area contributed by atoms with Crippen molar-refractivity contribution >= 4 is 23.1 Å². The van der Waals surface area contributed by atoms with Crippen molar-refractivity contribution in [1.29, 1.82) is 0 Å². The van der Waals surface area contributed by atoms with Gasteiger partial charge in [-0.1, -0.05) is 42.1 Å². The first kappa shape index (κ1) is 15.1. The molecule has 0 amide bonds. The molecule has 0 spiro atoms. The van der Waals surface area contributed by atoms with Crippen molar-refractivity contribution in [3.05, 3.63) is 62.5 Å². The molecule has 22 heavy (non-hydrogen) atoms. The van der Waals surface area contributed by atoms with Crippen LogP contribution in [0.3, 0.4) is 0 Å². The topological polar surface area (TPSA) is 63.6 Å². The van der Waals surface area contributed by atoms with E-state index in [0.29, 0.717) is 11.7 Å². The largest absolute Gasteiger partial charge is 0.343 e. The maximum absolute atomic E-state index is 11.9. The van der Waals surface area contributed by atoms with E-state index in [1.165, 1.54) is 17.3 Å². The second-order valence-corrected chi connectivity index (χ2v) is 6.85. The van der Waals surface area contributed by atoms with Crippen molar-refractivity contribution in [3.8, 4) is 0 Å². The van der Waals surface area contributed by atoms with Gasteiger partial charge in [0.2, 0.25) is 0 Å². The highest BCUT2D eigenvalue weighted by atomic mass is 32.2. The first-order chi connectivity index (χ1) is 10.7. The third-order valence-electron chi connectivity index (χ3n) is 3.21. The zero-order valence-corrected chi connectivity index (χ0v) is 13.8. The molecule has 0 atom stereocenters. The fraction of sp³-hybridized carbons (Fsp3) is 0.267. The van der Waals surface area contributed by atoms with Gasteiger partial charge in [-0.25, -0.2) is 14.9 Å². The summed E-state index contributed by atoms with van der Waals surface area (Å²) in [6, 6.07) is 10.1. The van der Waals surface area contributed by atoms with E-state index < -0.39 is 0 Å². The first-order valence-electron chi connectivity index (χ1n) is 6.95. The summed E-state index contributed by atoms with van der Waals surface area (Å²) in [4.78, 5) is 16.3. The van der Waals surface area contributed by atoms with Crippen LogP contribution in [-0.4, -0.2) is 19.7 Å². The second kappa shape index (κ2) is 6.93. The fourth-order valence-electron chi connectivity index (χ4n) is 2.11. The molecule has 0 aliphatic rings. The lowest BCUT2D eigenvalue weighted by atomic mass is 10.1. The number of aromatic nitrogens is 4. The fourth-order valence-corrected chi connectivity index (χ4v) is 3.69. The summed E-state index contributed by atoms with van der Waals surface area (Å²) in [5.41, 5.74) is 2.08. The van der Waals surface area contributed by atoms with Crippen molar-refractivity contribution in [2.45, 2.75) is 30.8 Å². The Morgan fingerprint density at radius 3 is 2.86 bits per heavy atom. The molecule has 7 heteroatoms. The first-order valence-corrected chi connectivity index (χ1v) is 8.82.